The van der Waals surface area contributed by atoms with Crippen molar-refractivity contribution in [1.82, 2.24) is 4.90 Å². The van der Waals surface area contributed by atoms with Crippen LogP contribution in [0.3, 0.4) is 0 Å². The molecule has 1 aliphatic heterocycles. The molecule has 190 valence electrons. The molecule has 0 aromatic heterocycles. The molecule has 3 aromatic carbocycles. The fourth-order valence-electron chi connectivity index (χ4n) is 4.87. The van der Waals surface area contributed by atoms with Gasteiger partial charge in [0.25, 0.3) is 0 Å². The fraction of sp³-hybridized carbons (Fsp3) is 0.333. The maximum Gasteiger partial charge on any atom is 0.165 e. The number of allylic oxidation sites excluding steroid dienone is 1. The number of methoxy groups -OCH3 is 2. The highest BCUT2D eigenvalue weighted by Gasteiger charge is 2.36. The Morgan fingerprint density at radius 3 is 2.42 bits per heavy atom. The summed E-state index contributed by atoms with van der Waals surface area (Å²) in [6.07, 6.45) is 3.79. The predicted octanol–water partition coefficient (Wildman–Crippen LogP) is 5.67. The molecule has 0 saturated heterocycles. The average Bonchev–Trinajstić information content (AvgIpc) is 3.22. The lowest BCUT2D eigenvalue weighted by molar-refractivity contribution is 0.182. The standard InChI is InChI=1S/C30H35NO5/c1-5-9-22-14-25-20(2)29(36-30(25)27(15-22)35-4)23-16-24(28(33)26(17-23)34-3)19-31(12-13-32)18-21-10-7-6-8-11-21/h5-11,14-17,20,29,32-33H,12-13,18-19H2,1-4H3/b9-5+/t20-,29-/m0/s1. The summed E-state index contributed by atoms with van der Waals surface area (Å²) in [6.45, 7) is 5.74. The molecule has 4 rings (SSSR count). The second-order valence-corrected chi connectivity index (χ2v) is 9.12. The van der Waals surface area contributed by atoms with Crippen LogP contribution in [-0.4, -0.2) is 42.5 Å². The van der Waals surface area contributed by atoms with E-state index in [1.54, 1.807) is 14.2 Å². The predicted molar refractivity (Wildman–Crippen MR) is 142 cm³/mol. The molecule has 0 bridgehead atoms. The van der Waals surface area contributed by atoms with E-state index in [9.17, 15) is 10.2 Å². The van der Waals surface area contributed by atoms with Crippen LogP contribution in [-0.2, 0) is 13.1 Å². The van der Waals surface area contributed by atoms with E-state index in [4.69, 9.17) is 14.2 Å². The molecule has 2 atom stereocenters. The topological polar surface area (TPSA) is 71.4 Å². The number of benzene rings is 3. The first-order valence-electron chi connectivity index (χ1n) is 12.3. The van der Waals surface area contributed by atoms with Crippen LogP contribution >= 0.6 is 0 Å². The number of rotatable bonds is 10. The van der Waals surface area contributed by atoms with Crippen molar-refractivity contribution in [2.24, 2.45) is 0 Å². The molecular weight excluding hydrogens is 454 g/mol. The van der Waals surface area contributed by atoms with Crippen molar-refractivity contribution in [3.8, 4) is 23.0 Å². The Morgan fingerprint density at radius 2 is 1.75 bits per heavy atom. The van der Waals surface area contributed by atoms with Gasteiger partial charge in [0.15, 0.2) is 23.0 Å². The van der Waals surface area contributed by atoms with E-state index in [2.05, 4.69) is 30.0 Å². The van der Waals surface area contributed by atoms with Crippen LogP contribution in [0.15, 0.2) is 60.7 Å². The summed E-state index contributed by atoms with van der Waals surface area (Å²) in [7, 11) is 3.21. The zero-order valence-corrected chi connectivity index (χ0v) is 21.4. The number of aliphatic hydroxyl groups is 1. The molecule has 0 spiro atoms. The third-order valence-electron chi connectivity index (χ3n) is 6.66. The molecule has 6 nitrogen and oxygen atoms in total. The molecular formula is C30H35NO5. The maximum atomic E-state index is 11.0. The Kier molecular flexibility index (Phi) is 8.18. The van der Waals surface area contributed by atoms with Gasteiger partial charge in [0.1, 0.15) is 6.10 Å². The van der Waals surface area contributed by atoms with Gasteiger partial charge in [-0.1, -0.05) is 49.4 Å². The number of hydrogen-bond donors (Lipinski definition) is 2. The summed E-state index contributed by atoms with van der Waals surface area (Å²) >= 11 is 0. The minimum atomic E-state index is -0.261. The van der Waals surface area contributed by atoms with Gasteiger partial charge in [-0.05, 0) is 47.9 Å². The van der Waals surface area contributed by atoms with E-state index in [-0.39, 0.29) is 24.4 Å². The fourth-order valence-corrected chi connectivity index (χ4v) is 4.87. The molecule has 36 heavy (non-hydrogen) atoms. The van der Waals surface area contributed by atoms with Crippen molar-refractivity contribution >= 4 is 6.08 Å². The first kappa shape index (κ1) is 25.6. The number of aromatic hydroxyl groups is 1. The summed E-state index contributed by atoms with van der Waals surface area (Å²) in [5.41, 5.74) is 4.94. The van der Waals surface area contributed by atoms with Gasteiger partial charge >= 0.3 is 0 Å². The Morgan fingerprint density at radius 1 is 1.00 bits per heavy atom. The molecule has 6 heteroatoms. The molecule has 2 N–H and O–H groups in total. The van der Waals surface area contributed by atoms with Gasteiger partial charge in [0.05, 0.1) is 20.8 Å². The zero-order valence-electron chi connectivity index (χ0n) is 21.4. The van der Waals surface area contributed by atoms with Crippen molar-refractivity contribution in [3.63, 3.8) is 0 Å². The highest BCUT2D eigenvalue weighted by molar-refractivity contribution is 5.62. The molecule has 0 unspecified atom stereocenters. The quantitative estimate of drug-likeness (QED) is 0.382. The minimum Gasteiger partial charge on any atom is -0.504 e. The number of hydrogen-bond acceptors (Lipinski definition) is 6. The Bertz CT molecular complexity index is 1210. The number of aliphatic hydroxyl groups excluding tert-OH is 1. The lowest BCUT2D eigenvalue weighted by Gasteiger charge is -2.24. The van der Waals surface area contributed by atoms with E-state index >= 15 is 0 Å². The van der Waals surface area contributed by atoms with Gasteiger partial charge in [0.2, 0.25) is 0 Å². The molecule has 0 aliphatic carbocycles. The van der Waals surface area contributed by atoms with Crippen molar-refractivity contribution < 1.29 is 24.4 Å². The van der Waals surface area contributed by atoms with Crippen LogP contribution in [0.1, 0.15) is 53.7 Å². The number of phenols is 1. The van der Waals surface area contributed by atoms with E-state index in [0.717, 1.165) is 33.6 Å². The third-order valence-corrected chi connectivity index (χ3v) is 6.66. The SMILES string of the molecule is C/C=C/c1cc(OC)c2c(c1)[C@H](C)[C@@H](c1cc(CN(CCO)Cc3ccccc3)c(O)c(OC)c1)O2. The van der Waals surface area contributed by atoms with Crippen LogP contribution in [0.4, 0.5) is 0 Å². The van der Waals surface area contributed by atoms with E-state index in [1.807, 2.05) is 55.5 Å². The highest BCUT2D eigenvalue weighted by atomic mass is 16.5. The van der Waals surface area contributed by atoms with Crippen molar-refractivity contribution in [3.05, 3.63) is 88.5 Å². The summed E-state index contributed by atoms with van der Waals surface area (Å²) in [5, 5.41) is 20.6. The molecule has 1 heterocycles. The molecule has 3 aromatic rings. The van der Waals surface area contributed by atoms with E-state index in [1.165, 1.54) is 0 Å². The van der Waals surface area contributed by atoms with Crippen LogP contribution in [0, 0.1) is 0 Å². The Hall–Kier alpha value is -3.48. The van der Waals surface area contributed by atoms with Gasteiger partial charge in [-0.15, -0.1) is 0 Å². The van der Waals surface area contributed by atoms with Gasteiger partial charge in [-0.25, -0.2) is 0 Å². The minimum absolute atomic E-state index is 0.0246. The molecule has 0 fully saturated rings. The first-order valence-corrected chi connectivity index (χ1v) is 12.3. The number of ether oxygens (including phenoxy) is 3. The van der Waals surface area contributed by atoms with Crippen LogP contribution in [0.25, 0.3) is 6.08 Å². The zero-order chi connectivity index (χ0) is 25.7. The summed E-state index contributed by atoms with van der Waals surface area (Å²) in [6, 6.07) is 18.1. The third kappa shape index (κ3) is 5.35. The maximum absolute atomic E-state index is 11.0. The molecule has 0 saturated carbocycles. The lowest BCUT2D eigenvalue weighted by Crippen LogP contribution is -2.26. The summed E-state index contributed by atoms with van der Waals surface area (Å²) in [5.74, 6) is 2.03. The van der Waals surface area contributed by atoms with Crippen molar-refractivity contribution in [2.75, 3.05) is 27.4 Å². The summed E-state index contributed by atoms with van der Waals surface area (Å²) < 4.78 is 17.7. The van der Waals surface area contributed by atoms with Crippen LogP contribution in [0.2, 0.25) is 0 Å². The van der Waals surface area contributed by atoms with Gasteiger partial charge in [-0.3, -0.25) is 4.90 Å². The number of nitrogens with zero attached hydrogens (tertiary/aromatic N) is 1. The normalized spacial score (nSPS) is 16.8. The van der Waals surface area contributed by atoms with E-state index in [0.29, 0.717) is 31.1 Å². The van der Waals surface area contributed by atoms with Crippen molar-refractivity contribution in [1.29, 1.82) is 0 Å². The molecule has 1 aliphatic rings. The molecule has 0 radical (unpaired) electrons. The van der Waals surface area contributed by atoms with Crippen LogP contribution < -0.4 is 14.2 Å². The smallest absolute Gasteiger partial charge is 0.165 e. The first-order chi connectivity index (χ1) is 17.5. The number of fused-ring (bicyclic) bond motifs is 1. The van der Waals surface area contributed by atoms with Gasteiger partial charge in [0, 0.05) is 36.7 Å². The van der Waals surface area contributed by atoms with Crippen LogP contribution in [0.5, 0.6) is 23.0 Å². The lowest BCUT2D eigenvalue weighted by atomic mass is 9.90. The Balaban J connectivity index is 1.67. The Labute approximate surface area is 213 Å². The van der Waals surface area contributed by atoms with E-state index < -0.39 is 0 Å². The highest BCUT2D eigenvalue weighted by Crippen LogP contribution is 2.51. The van der Waals surface area contributed by atoms with Gasteiger partial charge < -0.3 is 24.4 Å². The second kappa shape index (κ2) is 11.5. The number of phenolic OH excluding ortho intramolecular Hbond substituents is 1. The van der Waals surface area contributed by atoms with Crippen molar-refractivity contribution in [2.45, 2.75) is 39.0 Å². The molecule has 0 amide bonds. The monoisotopic (exact) mass is 489 g/mol. The summed E-state index contributed by atoms with van der Waals surface area (Å²) in [4.78, 5) is 2.10. The van der Waals surface area contributed by atoms with Gasteiger partial charge in [-0.2, -0.15) is 0 Å². The average molecular weight is 490 g/mol. The largest absolute Gasteiger partial charge is 0.504 e. The second-order valence-electron chi connectivity index (χ2n) is 9.12.